The number of halogens is 2. The van der Waals surface area contributed by atoms with E-state index in [1.54, 1.807) is 7.11 Å². The van der Waals surface area contributed by atoms with Crippen LogP contribution in [0.2, 0.25) is 0 Å². The molecule has 2 aliphatic heterocycles. The molecule has 2 fully saturated rings. The second kappa shape index (κ2) is 8.63. The number of hydrogen-bond donors (Lipinski definition) is 1. The SMILES string of the molecule is CCC(c1ccc(F)cc1F)N1CCN(C(=O)C2(OC)CCNCC2)CC1. The van der Waals surface area contributed by atoms with Crippen molar-refractivity contribution in [3.8, 4) is 0 Å². The molecular formula is C20H29F2N3O2. The lowest BCUT2D eigenvalue weighted by Crippen LogP contribution is -2.59. The molecule has 0 saturated carbocycles. The van der Waals surface area contributed by atoms with Crippen LogP contribution in [0.25, 0.3) is 0 Å². The molecule has 0 radical (unpaired) electrons. The lowest BCUT2D eigenvalue weighted by atomic mass is 9.90. The van der Waals surface area contributed by atoms with Gasteiger partial charge < -0.3 is 15.0 Å². The lowest BCUT2D eigenvalue weighted by Gasteiger charge is -2.43. The Hall–Kier alpha value is -1.57. The van der Waals surface area contributed by atoms with Gasteiger partial charge in [0.1, 0.15) is 17.2 Å². The van der Waals surface area contributed by atoms with Crippen molar-refractivity contribution in [2.45, 2.75) is 37.8 Å². The Bertz CT molecular complexity index is 657. The molecule has 0 aromatic heterocycles. The molecule has 150 valence electrons. The first-order chi connectivity index (χ1) is 13.0. The number of amides is 1. The highest BCUT2D eigenvalue weighted by Gasteiger charge is 2.43. The molecule has 1 amide bonds. The fourth-order valence-electron chi connectivity index (χ4n) is 4.31. The third-order valence-corrected chi connectivity index (χ3v) is 5.94. The van der Waals surface area contributed by atoms with E-state index in [0.29, 0.717) is 44.6 Å². The Balaban J connectivity index is 1.66. The van der Waals surface area contributed by atoms with Gasteiger partial charge in [-0.05, 0) is 38.4 Å². The summed E-state index contributed by atoms with van der Waals surface area (Å²) in [5, 5.41) is 3.27. The Morgan fingerprint density at radius 1 is 1.22 bits per heavy atom. The van der Waals surface area contributed by atoms with Crippen LogP contribution in [-0.4, -0.2) is 67.7 Å². The molecule has 7 heteroatoms. The summed E-state index contributed by atoms with van der Waals surface area (Å²) >= 11 is 0. The fraction of sp³-hybridized carbons (Fsp3) is 0.650. The fourth-order valence-corrected chi connectivity index (χ4v) is 4.31. The Labute approximate surface area is 159 Å². The Morgan fingerprint density at radius 2 is 1.89 bits per heavy atom. The third kappa shape index (κ3) is 4.15. The van der Waals surface area contributed by atoms with Gasteiger partial charge in [-0.1, -0.05) is 13.0 Å². The molecule has 2 aliphatic rings. The molecule has 2 heterocycles. The van der Waals surface area contributed by atoms with Gasteiger partial charge in [0.25, 0.3) is 5.91 Å². The molecule has 1 N–H and O–H groups in total. The quantitative estimate of drug-likeness (QED) is 0.850. The first-order valence-corrected chi connectivity index (χ1v) is 9.75. The zero-order chi connectivity index (χ0) is 19.4. The summed E-state index contributed by atoms with van der Waals surface area (Å²) in [6, 6.07) is 3.67. The van der Waals surface area contributed by atoms with Crippen molar-refractivity contribution in [2.75, 3.05) is 46.4 Å². The van der Waals surface area contributed by atoms with Gasteiger partial charge in [0, 0.05) is 51.0 Å². The number of piperidine rings is 1. The monoisotopic (exact) mass is 381 g/mol. The average Bonchev–Trinajstić information content (AvgIpc) is 2.70. The highest BCUT2D eigenvalue weighted by Crippen LogP contribution is 2.30. The highest BCUT2D eigenvalue weighted by molar-refractivity contribution is 5.85. The predicted octanol–water partition coefficient (Wildman–Crippen LogP) is 2.33. The highest BCUT2D eigenvalue weighted by atomic mass is 19.1. The van der Waals surface area contributed by atoms with Crippen molar-refractivity contribution in [1.29, 1.82) is 0 Å². The number of rotatable bonds is 5. The molecule has 27 heavy (non-hydrogen) atoms. The summed E-state index contributed by atoms with van der Waals surface area (Å²) in [5.41, 5.74) is -0.203. The van der Waals surface area contributed by atoms with E-state index in [-0.39, 0.29) is 11.9 Å². The summed E-state index contributed by atoms with van der Waals surface area (Å²) in [5.74, 6) is -1.01. The Morgan fingerprint density at radius 3 is 2.44 bits per heavy atom. The number of carbonyl (C=O) groups excluding carboxylic acids is 1. The minimum Gasteiger partial charge on any atom is -0.368 e. The molecule has 1 unspecified atom stereocenters. The van der Waals surface area contributed by atoms with Gasteiger partial charge in [-0.15, -0.1) is 0 Å². The van der Waals surface area contributed by atoms with Crippen molar-refractivity contribution >= 4 is 5.91 Å². The zero-order valence-electron chi connectivity index (χ0n) is 16.1. The molecule has 0 aliphatic carbocycles. The number of hydrogen-bond acceptors (Lipinski definition) is 4. The van der Waals surface area contributed by atoms with Gasteiger partial charge in [-0.25, -0.2) is 8.78 Å². The summed E-state index contributed by atoms with van der Waals surface area (Å²) < 4.78 is 33.1. The average molecular weight is 381 g/mol. The smallest absolute Gasteiger partial charge is 0.254 e. The molecule has 1 aromatic carbocycles. The van der Waals surface area contributed by atoms with Gasteiger partial charge in [-0.3, -0.25) is 9.69 Å². The van der Waals surface area contributed by atoms with Crippen molar-refractivity contribution in [1.82, 2.24) is 15.1 Å². The number of nitrogens with one attached hydrogen (secondary N) is 1. The van der Waals surface area contributed by atoms with E-state index in [2.05, 4.69) is 10.2 Å². The largest absolute Gasteiger partial charge is 0.368 e. The predicted molar refractivity (Wildman–Crippen MR) is 99.4 cm³/mol. The molecule has 3 rings (SSSR count). The second-order valence-electron chi connectivity index (χ2n) is 7.37. The normalized spacial score (nSPS) is 21.9. The number of nitrogens with zero attached hydrogens (tertiary/aromatic N) is 2. The molecule has 1 atom stereocenters. The van der Waals surface area contributed by atoms with Crippen LogP contribution in [0.15, 0.2) is 18.2 Å². The van der Waals surface area contributed by atoms with Crippen LogP contribution < -0.4 is 5.32 Å². The van der Waals surface area contributed by atoms with Crippen molar-refractivity contribution in [2.24, 2.45) is 0 Å². The van der Waals surface area contributed by atoms with E-state index < -0.39 is 17.2 Å². The van der Waals surface area contributed by atoms with Crippen molar-refractivity contribution in [3.63, 3.8) is 0 Å². The zero-order valence-corrected chi connectivity index (χ0v) is 16.1. The number of methoxy groups -OCH3 is 1. The van der Waals surface area contributed by atoms with E-state index in [1.807, 2.05) is 11.8 Å². The maximum Gasteiger partial charge on any atom is 0.254 e. The minimum atomic E-state index is -0.722. The van der Waals surface area contributed by atoms with Crippen LogP contribution in [0, 0.1) is 11.6 Å². The van der Waals surface area contributed by atoms with Gasteiger partial charge in [0.15, 0.2) is 0 Å². The van der Waals surface area contributed by atoms with Crippen LogP contribution in [-0.2, 0) is 9.53 Å². The van der Waals surface area contributed by atoms with Gasteiger partial charge >= 0.3 is 0 Å². The molecule has 2 saturated heterocycles. The first kappa shape index (κ1) is 20.2. The maximum absolute atomic E-state index is 14.2. The molecule has 0 spiro atoms. The van der Waals surface area contributed by atoms with Crippen molar-refractivity contribution < 1.29 is 18.3 Å². The number of benzene rings is 1. The summed E-state index contributed by atoms with van der Waals surface area (Å²) in [7, 11) is 1.61. The number of carbonyl (C=O) groups is 1. The van der Waals surface area contributed by atoms with E-state index in [4.69, 9.17) is 4.74 Å². The minimum absolute atomic E-state index is 0.0622. The molecular weight excluding hydrogens is 352 g/mol. The summed E-state index contributed by atoms with van der Waals surface area (Å²) in [6.45, 7) is 6.08. The second-order valence-corrected chi connectivity index (χ2v) is 7.37. The van der Waals surface area contributed by atoms with Crippen LogP contribution in [0.3, 0.4) is 0 Å². The first-order valence-electron chi connectivity index (χ1n) is 9.75. The van der Waals surface area contributed by atoms with E-state index in [0.717, 1.165) is 25.6 Å². The summed E-state index contributed by atoms with van der Waals surface area (Å²) in [6.07, 6.45) is 2.09. The Kier molecular flexibility index (Phi) is 6.44. The molecule has 1 aromatic rings. The lowest BCUT2D eigenvalue weighted by molar-refractivity contribution is -0.160. The molecule has 0 bridgehead atoms. The van der Waals surface area contributed by atoms with E-state index in [1.165, 1.54) is 12.1 Å². The summed E-state index contributed by atoms with van der Waals surface area (Å²) in [4.78, 5) is 17.1. The topological polar surface area (TPSA) is 44.8 Å². The van der Waals surface area contributed by atoms with E-state index in [9.17, 15) is 13.6 Å². The maximum atomic E-state index is 14.2. The van der Waals surface area contributed by atoms with Crippen LogP contribution in [0.4, 0.5) is 8.78 Å². The van der Waals surface area contributed by atoms with Gasteiger partial charge in [0.2, 0.25) is 0 Å². The van der Waals surface area contributed by atoms with Crippen molar-refractivity contribution in [3.05, 3.63) is 35.4 Å². The van der Waals surface area contributed by atoms with Crippen LogP contribution in [0.5, 0.6) is 0 Å². The van der Waals surface area contributed by atoms with E-state index >= 15 is 0 Å². The third-order valence-electron chi connectivity index (χ3n) is 5.94. The van der Waals surface area contributed by atoms with Gasteiger partial charge in [0.05, 0.1) is 0 Å². The van der Waals surface area contributed by atoms with Crippen LogP contribution >= 0.6 is 0 Å². The van der Waals surface area contributed by atoms with Gasteiger partial charge in [-0.2, -0.15) is 0 Å². The standard InChI is InChI=1S/C20H29F2N3O2/c1-3-18(16-5-4-15(21)14-17(16)22)24-10-12-25(13-11-24)19(26)20(27-2)6-8-23-9-7-20/h4-5,14,18,23H,3,6-13H2,1-2H3. The van der Waals surface area contributed by atoms with Crippen LogP contribution in [0.1, 0.15) is 37.8 Å². The number of ether oxygens (including phenoxy) is 1. The number of piperazine rings is 1. The molecule has 5 nitrogen and oxygen atoms in total.